The number of hydrogen-bond donors (Lipinski definition) is 0. The maximum Gasteiger partial charge on any atom is 0.124 e. The molecule has 0 aliphatic carbocycles. The Hall–Kier alpha value is -14.4. The minimum absolute atomic E-state index is 0. The van der Waals surface area contributed by atoms with E-state index in [9.17, 15) is 0 Å². The molecule has 0 fully saturated rings. The molecule has 0 saturated heterocycles. The minimum Gasteiger partial charge on any atom is -0.501 e. The minimum atomic E-state index is 0. The van der Waals surface area contributed by atoms with Gasteiger partial charge in [-0.3, -0.25) is 0 Å². The fraction of sp³-hybridized carbons (Fsp3) is 0.125. The Labute approximate surface area is 896 Å². The van der Waals surface area contributed by atoms with Crippen molar-refractivity contribution in [2.75, 3.05) is 0 Å². The van der Waals surface area contributed by atoms with Crippen molar-refractivity contribution in [2.45, 2.75) is 107 Å². The Morgan fingerprint density at radius 2 is 0.500 bits per heavy atom. The first kappa shape index (κ1) is 107. The topological polar surface area (TPSA) is 156 Å². The molecule has 24 aromatic rings. The Balaban J connectivity index is 0.000000139. The van der Waals surface area contributed by atoms with E-state index in [0.717, 1.165) is 178 Å². The zero-order valence-electron chi connectivity index (χ0n) is 81.8. The molecule has 0 N–H and O–H groups in total. The number of hydrogen-bond acceptors (Lipinski definition) is 12. The van der Waals surface area contributed by atoms with Crippen LogP contribution in [0.3, 0.4) is 0 Å². The summed E-state index contributed by atoms with van der Waals surface area (Å²) >= 11 is 0. The second-order valence-corrected chi connectivity index (χ2v) is 35.2. The van der Waals surface area contributed by atoms with Crippen molar-refractivity contribution in [3.05, 3.63) is 482 Å². The van der Waals surface area contributed by atoms with Crippen LogP contribution < -0.4 is 0 Å². The van der Waals surface area contributed by atoms with Gasteiger partial charge in [-0.05, 0) is 159 Å². The Morgan fingerprint density at radius 1 is 0.201 bits per heavy atom. The molecular formula is C128H104Ir4N8O4-8. The summed E-state index contributed by atoms with van der Waals surface area (Å²) < 4.78 is 24.6. The summed E-state index contributed by atoms with van der Waals surface area (Å²) in [6, 6.07) is 139. The SMILES string of the molecule is CC(C)c1ccc2c(c1)oc1c(-c3ccccn3)[c-]ccc12.CC(C)c1ccc2oc3c(-c4ccccn4)[c-]ccc3c2c1.CC(C)c1cccc2c1oc1c(-c3ccccn3)[c-]ccc12.CC(C)c1cccnc1-c1[c-]ccc2c1oc1ccccc12.Cc1cc[c-]c(-c2ccccn2)c1.Cc1cc[c-]c(-c2ccccn2)c1.Cc1cc[c-]c(-c2ccccn2)c1.Cc1cc[c-]c(-c2ccccn2)c1.[Ir].[Ir].[Ir].[Ir]. The van der Waals surface area contributed by atoms with E-state index in [2.05, 4.69) is 287 Å². The molecule has 12 aromatic carbocycles. The summed E-state index contributed by atoms with van der Waals surface area (Å²) in [5, 5.41) is 9.07. The molecule has 0 atom stereocenters. The number of rotatable bonds is 12. The van der Waals surface area contributed by atoms with E-state index >= 15 is 0 Å². The van der Waals surface area contributed by atoms with E-state index in [0.29, 0.717) is 23.7 Å². The van der Waals surface area contributed by atoms with E-state index < -0.39 is 0 Å². The second kappa shape index (κ2) is 51.5. The van der Waals surface area contributed by atoms with Gasteiger partial charge in [0.15, 0.2) is 0 Å². The summed E-state index contributed by atoms with van der Waals surface area (Å²) in [7, 11) is 0. The number of para-hydroxylation sites is 2. The number of aromatic nitrogens is 8. The summed E-state index contributed by atoms with van der Waals surface area (Å²) in [4.78, 5) is 34.9. The van der Waals surface area contributed by atoms with Crippen molar-refractivity contribution in [3.63, 3.8) is 0 Å². The molecule has 0 aliphatic rings. The Bertz CT molecular complexity index is 7870. The van der Waals surface area contributed by atoms with E-state index in [4.69, 9.17) is 17.7 Å². The third-order valence-electron chi connectivity index (χ3n) is 23.7. The Morgan fingerprint density at radius 3 is 0.889 bits per heavy atom. The van der Waals surface area contributed by atoms with Gasteiger partial charge in [0.05, 0.1) is 22.3 Å². The molecule has 0 spiro atoms. The zero-order valence-corrected chi connectivity index (χ0v) is 91.4. The standard InChI is InChI=1S/4C20H16NO.4C12H10N.4Ir/c1-13(2)14-7-5-8-15-16-9-6-10-17(20(16)22-19(14)15)18-11-3-4-12-21-18;1-13(2)14-10-6-12-21-19(14)17-9-5-8-16-15-7-3-4-11-18(15)22-20(16)17;1-13(2)14-9-10-15-16-6-5-7-17(18-8-3-4-11-21-18)20(16)22-19(15)12-14;1-13(2)14-9-10-19-17(12-14)15-6-5-7-16(20(15)22-19)18-8-3-4-11-21-18;4*1-10-5-4-6-11(9-10)12-7-2-3-8-13-12;;;;/h3-9,11-13H,1-2H3;3-8,10-13H,1-2H3;2*3-6,8-13H,1-2H3;4*2-5,7-9H,1H3;;;;/q8*-1;;;;. The van der Waals surface area contributed by atoms with Crippen molar-refractivity contribution >= 4 is 87.8 Å². The molecule has 4 radical (unpaired) electrons. The summed E-state index contributed by atoms with van der Waals surface area (Å²) in [6.45, 7) is 25.8. The fourth-order valence-electron chi connectivity index (χ4n) is 16.5. The zero-order chi connectivity index (χ0) is 96.8. The van der Waals surface area contributed by atoms with Gasteiger partial charge in [0, 0.05) is 152 Å². The molecule has 0 amide bonds. The van der Waals surface area contributed by atoms with Crippen molar-refractivity contribution in [1.82, 2.24) is 39.9 Å². The number of fused-ring (bicyclic) bond motifs is 12. The van der Waals surface area contributed by atoms with E-state index in [1.807, 2.05) is 231 Å². The first-order valence-corrected chi connectivity index (χ1v) is 47.1. The molecule has 12 heterocycles. The maximum atomic E-state index is 6.26. The second-order valence-electron chi connectivity index (χ2n) is 35.2. The van der Waals surface area contributed by atoms with Gasteiger partial charge >= 0.3 is 0 Å². The van der Waals surface area contributed by atoms with Crippen molar-refractivity contribution in [1.29, 1.82) is 0 Å². The predicted molar refractivity (Wildman–Crippen MR) is 572 cm³/mol. The third-order valence-corrected chi connectivity index (χ3v) is 23.7. The van der Waals surface area contributed by atoms with Crippen LogP contribution in [0.2, 0.25) is 0 Å². The van der Waals surface area contributed by atoms with Crippen LogP contribution in [0, 0.1) is 76.2 Å². The van der Waals surface area contributed by atoms with Gasteiger partial charge in [0.25, 0.3) is 0 Å². The van der Waals surface area contributed by atoms with E-state index in [1.54, 1.807) is 43.4 Å². The number of furan rings is 4. The summed E-state index contributed by atoms with van der Waals surface area (Å²) in [6.07, 6.45) is 14.4. The molecule has 0 saturated carbocycles. The molecule has 12 aromatic heterocycles. The predicted octanol–water partition coefficient (Wildman–Crippen LogP) is 33.7. The molecule has 144 heavy (non-hydrogen) atoms. The largest absolute Gasteiger partial charge is 0.501 e. The first-order chi connectivity index (χ1) is 68.4. The quantitative estimate of drug-likeness (QED) is 0.107. The number of nitrogens with zero attached hydrogens (tertiary/aromatic N) is 8. The van der Waals surface area contributed by atoms with Crippen LogP contribution in [0.5, 0.6) is 0 Å². The smallest absolute Gasteiger partial charge is 0.124 e. The molecule has 0 aliphatic heterocycles. The molecule has 724 valence electrons. The average Bonchev–Trinajstić information content (AvgIpc) is 1.63. The summed E-state index contributed by atoms with van der Waals surface area (Å²) in [5.74, 6) is 1.81. The van der Waals surface area contributed by atoms with Crippen LogP contribution in [0.15, 0.2) is 407 Å². The molecule has 0 bridgehead atoms. The molecule has 16 heteroatoms. The third kappa shape index (κ3) is 26.2. The van der Waals surface area contributed by atoms with Gasteiger partial charge in [-0.1, -0.05) is 278 Å². The van der Waals surface area contributed by atoms with Crippen molar-refractivity contribution in [3.8, 4) is 90.1 Å². The molecule has 0 unspecified atom stereocenters. The monoisotopic (exact) mass is 2590 g/mol. The van der Waals surface area contributed by atoms with Gasteiger partial charge in [0.1, 0.15) is 22.3 Å². The van der Waals surface area contributed by atoms with E-state index in [1.165, 1.54) is 44.5 Å². The average molecular weight is 2590 g/mol. The van der Waals surface area contributed by atoms with Crippen molar-refractivity contribution < 1.29 is 98.1 Å². The van der Waals surface area contributed by atoms with Crippen LogP contribution in [-0.2, 0) is 80.4 Å². The molecule has 24 rings (SSSR count). The Kier molecular flexibility index (Phi) is 38.3. The molecule has 12 nitrogen and oxygen atoms in total. The van der Waals surface area contributed by atoms with Crippen LogP contribution in [0.25, 0.3) is 178 Å². The summed E-state index contributed by atoms with van der Waals surface area (Å²) in [5.41, 5.74) is 32.6. The van der Waals surface area contributed by atoms with Gasteiger partial charge in [0.2, 0.25) is 0 Å². The number of aryl methyl sites for hydroxylation is 4. The molecular weight excluding hydrogens is 2480 g/mol. The van der Waals surface area contributed by atoms with Crippen LogP contribution >= 0.6 is 0 Å². The number of pyridine rings is 8. The van der Waals surface area contributed by atoms with Crippen LogP contribution in [0.4, 0.5) is 0 Å². The van der Waals surface area contributed by atoms with Gasteiger partial charge in [-0.15, -0.1) is 214 Å². The van der Waals surface area contributed by atoms with Crippen molar-refractivity contribution in [2.24, 2.45) is 0 Å². The van der Waals surface area contributed by atoms with Gasteiger partial charge in [-0.25, -0.2) is 0 Å². The van der Waals surface area contributed by atoms with Gasteiger partial charge < -0.3 is 57.5 Å². The number of benzene rings is 12. The fourth-order valence-corrected chi connectivity index (χ4v) is 16.5. The normalized spacial score (nSPS) is 10.7. The van der Waals surface area contributed by atoms with Crippen LogP contribution in [0.1, 0.15) is 124 Å². The van der Waals surface area contributed by atoms with E-state index in [-0.39, 0.29) is 80.4 Å². The first-order valence-electron chi connectivity index (χ1n) is 47.1. The van der Waals surface area contributed by atoms with Crippen LogP contribution in [-0.4, -0.2) is 39.9 Å². The van der Waals surface area contributed by atoms with Gasteiger partial charge in [-0.2, -0.15) is 0 Å². The maximum absolute atomic E-state index is 6.26.